The summed E-state index contributed by atoms with van der Waals surface area (Å²) >= 11 is 0. The van der Waals surface area contributed by atoms with E-state index in [4.69, 9.17) is 0 Å². The quantitative estimate of drug-likeness (QED) is 0.718. The molecule has 0 radical (unpaired) electrons. The van der Waals surface area contributed by atoms with Gasteiger partial charge in [0.2, 0.25) is 0 Å². The van der Waals surface area contributed by atoms with Gasteiger partial charge in [0, 0.05) is 31.7 Å². The van der Waals surface area contributed by atoms with E-state index in [9.17, 15) is 9.90 Å². The summed E-state index contributed by atoms with van der Waals surface area (Å²) in [6.07, 6.45) is 0. The maximum Gasteiger partial charge on any atom is 0.254 e. The third kappa shape index (κ3) is 3.19. The summed E-state index contributed by atoms with van der Waals surface area (Å²) < 4.78 is 0. The van der Waals surface area contributed by atoms with Gasteiger partial charge in [0.25, 0.3) is 5.91 Å². The van der Waals surface area contributed by atoms with Crippen LogP contribution in [0.2, 0.25) is 0 Å². The van der Waals surface area contributed by atoms with E-state index in [1.807, 2.05) is 0 Å². The molecule has 1 aliphatic rings. The fraction of sp³-hybridized carbons (Fsp3) is 0.917. The predicted octanol–water partition coefficient (Wildman–Crippen LogP) is 0.700. The normalized spacial score (nSPS) is 20.0. The van der Waals surface area contributed by atoms with Gasteiger partial charge < -0.3 is 10.0 Å². The highest BCUT2D eigenvalue weighted by atomic mass is 16.3. The van der Waals surface area contributed by atoms with Gasteiger partial charge >= 0.3 is 0 Å². The van der Waals surface area contributed by atoms with Gasteiger partial charge in [0.05, 0.1) is 0 Å². The third-order valence-electron chi connectivity index (χ3n) is 3.04. The predicted molar refractivity (Wildman–Crippen MR) is 64.2 cm³/mol. The molecule has 1 fully saturated rings. The van der Waals surface area contributed by atoms with Crippen molar-refractivity contribution >= 4 is 5.91 Å². The molecule has 0 aromatic rings. The van der Waals surface area contributed by atoms with Crippen molar-refractivity contribution in [1.82, 2.24) is 9.80 Å². The summed E-state index contributed by atoms with van der Waals surface area (Å²) in [5, 5.41) is 9.66. The summed E-state index contributed by atoms with van der Waals surface area (Å²) in [7, 11) is 0. The zero-order valence-corrected chi connectivity index (χ0v) is 11.1. The zero-order valence-electron chi connectivity index (χ0n) is 11.1. The average molecular weight is 228 g/mol. The second kappa shape index (κ2) is 4.34. The Hall–Kier alpha value is -0.610. The average Bonchev–Trinajstić information content (AvgIpc) is 2.14. The van der Waals surface area contributed by atoms with E-state index in [0.717, 1.165) is 13.1 Å². The van der Waals surface area contributed by atoms with Crippen molar-refractivity contribution in [3.8, 4) is 0 Å². The molecule has 4 nitrogen and oxygen atoms in total. The van der Waals surface area contributed by atoms with Gasteiger partial charge in [-0.1, -0.05) is 0 Å². The minimum absolute atomic E-state index is 0.157. The van der Waals surface area contributed by atoms with E-state index in [1.54, 1.807) is 18.7 Å². The van der Waals surface area contributed by atoms with Crippen LogP contribution < -0.4 is 0 Å². The first-order valence-corrected chi connectivity index (χ1v) is 5.89. The number of nitrogens with zero attached hydrogens (tertiary/aromatic N) is 2. The monoisotopic (exact) mass is 228 g/mol. The maximum atomic E-state index is 11.8. The minimum atomic E-state index is -1.25. The van der Waals surface area contributed by atoms with Crippen LogP contribution in [0.1, 0.15) is 34.6 Å². The molecule has 1 saturated heterocycles. The van der Waals surface area contributed by atoms with Crippen LogP contribution in [0.4, 0.5) is 0 Å². The minimum Gasteiger partial charge on any atom is -0.381 e. The summed E-state index contributed by atoms with van der Waals surface area (Å²) in [6, 6.07) is 0. The van der Waals surface area contributed by atoms with Crippen LogP contribution in [-0.2, 0) is 4.79 Å². The Morgan fingerprint density at radius 2 is 1.44 bits per heavy atom. The second-order valence-corrected chi connectivity index (χ2v) is 6.01. The Labute approximate surface area is 98.2 Å². The molecule has 4 heteroatoms. The SMILES string of the molecule is CC(C)(O)C(=O)N1CCN(C(C)(C)C)CC1. The lowest BCUT2D eigenvalue weighted by atomic mass is 10.0. The van der Waals surface area contributed by atoms with Gasteiger partial charge in [-0.05, 0) is 34.6 Å². The van der Waals surface area contributed by atoms with Crippen molar-refractivity contribution in [3.63, 3.8) is 0 Å². The Morgan fingerprint density at radius 1 is 1.00 bits per heavy atom. The molecular weight excluding hydrogens is 204 g/mol. The molecule has 0 unspecified atom stereocenters. The Morgan fingerprint density at radius 3 is 1.75 bits per heavy atom. The number of carbonyl (C=O) groups is 1. The number of hydrogen-bond acceptors (Lipinski definition) is 3. The summed E-state index contributed by atoms with van der Waals surface area (Å²) in [5.74, 6) is -0.166. The number of piperazine rings is 1. The first-order chi connectivity index (χ1) is 7.12. The van der Waals surface area contributed by atoms with Crippen LogP contribution in [0.3, 0.4) is 0 Å². The van der Waals surface area contributed by atoms with Crippen LogP contribution in [0, 0.1) is 0 Å². The molecular formula is C12H24N2O2. The molecule has 0 spiro atoms. The highest BCUT2D eigenvalue weighted by molar-refractivity contribution is 5.84. The molecule has 0 atom stereocenters. The van der Waals surface area contributed by atoms with Crippen LogP contribution in [0.15, 0.2) is 0 Å². The number of rotatable bonds is 1. The molecule has 0 aromatic carbocycles. The first kappa shape index (κ1) is 13.5. The van der Waals surface area contributed by atoms with Gasteiger partial charge in [0.1, 0.15) is 5.60 Å². The molecule has 0 aliphatic carbocycles. The lowest BCUT2D eigenvalue weighted by Gasteiger charge is -2.43. The third-order valence-corrected chi connectivity index (χ3v) is 3.04. The van der Waals surface area contributed by atoms with E-state index in [1.165, 1.54) is 0 Å². The number of hydrogen-bond donors (Lipinski definition) is 1. The summed E-state index contributed by atoms with van der Waals surface area (Å²) in [5.41, 5.74) is -1.09. The van der Waals surface area contributed by atoms with Gasteiger partial charge in [-0.2, -0.15) is 0 Å². The second-order valence-electron chi connectivity index (χ2n) is 6.01. The molecule has 1 amide bonds. The summed E-state index contributed by atoms with van der Waals surface area (Å²) in [6.45, 7) is 12.8. The molecule has 0 bridgehead atoms. The van der Waals surface area contributed by atoms with E-state index in [2.05, 4.69) is 25.7 Å². The van der Waals surface area contributed by atoms with Crippen molar-refractivity contribution in [3.05, 3.63) is 0 Å². The van der Waals surface area contributed by atoms with Gasteiger partial charge in [-0.3, -0.25) is 9.69 Å². The zero-order chi connectivity index (χ0) is 12.6. The van der Waals surface area contributed by atoms with Crippen molar-refractivity contribution in [2.45, 2.75) is 45.8 Å². The smallest absolute Gasteiger partial charge is 0.254 e. The van der Waals surface area contributed by atoms with E-state index in [0.29, 0.717) is 13.1 Å². The van der Waals surface area contributed by atoms with Gasteiger partial charge in [-0.15, -0.1) is 0 Å². The maximum absolute atomic E-state index is 11.8. The van der Waals surface area contributed by atoms with Crippen LogP contribution in [-0.4, -0.2) is 58.1 Å². The standard InChI is InChI=1S/C12H24N2O2/c1-11(2,3)14-8-6-13(7-9-14)10(15)12(4,5)16/h16H,6-9H2,1-5H3. The molecule has 1 N–H and O–H groups in total. The Kier molecular flexibility index (Phi) is 3.65. The fourth-order valence-corrected chi connectivity index (χ4v) is 1.97. The van der Waals surface area contributed by atoms with Crippen molar-refractivity contribution in [2.75, 3.05) is 26.2 Å². The number of carbonyl (C=O) groups excluding carboxylic acids is 1. The molecule has 16 heavy (non-hydrogen) atoms. The van der Waals surface area contributed by atoms with Crippen molar-refractivity contribution < 1.29 is 9.90 Å². The van der Waals surface area contributed by atoms with Crippen molar-refractivity contribution in [1.29, 1.82) is 0 Å². The van der Waals surface area contributed by atoms with Crippen molar-refractivity contribution in [2.24, 2.45) is 0 Å². The Balaban J connectivity index is 2.53. The lowest BCUT2D eigenvalue weighted by Crippen LogP contribution is -2.57. The fourth-order valence-electron chi connectivity index (χ4n) is 1.97. The highest BCUT2D eigenvalue weighted by Crippen LogP contribution is 2.17. The molecule has 94 valence electrons. The molecule has 1 rings (SSSR count). The first-order valence-electron chi connectivity index (χ1n) is 5.89. The summed E-state index contributed by atoms with van der Waals surface area (Å²) in [4.78, 5) is 15.9. The van der Waals surface area contributed by atoms with Crippen LogP contribution in [0.5, 0.6) is 0 Å². The lowest BCUT2D eigenvalue weighted by molar-refractivity contribution is -0.150. The van der Waals surface area contributed by atoms with Gasteiger partial charge in [0.15, 0.2) is 0 Å². The van der Waals surface area contributed by atoms with E-state index < -0.39 is 5.60 Å². The Bertz CT molecular complexity index is 255. The highest BCUT2D eigenvalue weighted by Gasteiger charge is 2.33. The van der Waals surface area contributed by atoms with Crippen LogP contribution >= 0.6 is 0 Å². The van der Waals surface area contributed by atoms with Gasteiger partial charge in [-0.25, -0.2) is 0 Å². The topological polar surface area (TPSA) is 43.8 Å². The number of aliphatic hydroxyl groups is 1. The largest absolute Gasteiger partial charge is 0.381 e. The molecule has 1 aliphatic heterocycles. The van der Waals surface area contributed by atoms with E-state index >= 15 is 0 Å². The van der Waals surface area contributed by atoms with Crippen LogP contribution in [0.25, 0.3) is 0 Å². The van der Waals surface area contributed by atoms with E-state index in [-0.39, 0.29) is 11.4 Å². The molecule has 1 heterocycles. The molecule has 0 saturated carbocycles. The number of amides is 1. The molecule has 0 aromatic heterocycles.